The summed E-state index contributed by atoms with van der Waals surface area (Å²) < 4.78 is 16.0. The molecule has 1 spiro atoms. The van der Waals surface area contributed by atoms with Gasteiger partial charge in [0, 0.05) is 40.5 Å². The molecule has 3 N–H and O–H groups in total. The maximum absolute atomic E-state index is 16.0. The van der Waals surface area contributed by atoms with Gasteiger partial charge in [-0.05, 0) is 73.7 Å². The van der Waals surface area contributed by atoms with Crippen LogP contribution < -0.4 is 15.5 Å². The van der Waals surface area contributed by atoms with Gasteiger partial charge in [-0.1, -0.05) is 56.6 Å². The third-order valence-corrected chi connectivity index (χ3v) is 9.47. The molecule has 10 heteroatoms. The highest BCUT2D eigenvalue weighted by atomic mass is 35.5. The molecule has 7 nitrogen and oxygen atoms in total. The van der Waals surface area contributed by atoms with E-state index in [0.717, 1.165) is 48.7 Å². The van der Waals surface area contributed by atoms with E-state index in [1.165, 1.54) is 17.4 Å². The number of nitrogens with one attached hydrogen (secondary N) is 2. The van der Waals surface area contributed by atoms with E-state index in [4.69, 9.17) is 11.6 Å². The Morgan fingerprint density at radius 3 is 2.48 bits per heavy atom. The molecule has 1 saturated heterocycles. The summed E-state index contributed by atoms with van der Waals surface area (Å²) in [6, 6.07) is 15.5. The SMILES string of the molecule is Cc1nc(NC(=O)Nc2ccccc2N2CC3(CCN(CC(C)(C)C)CC3)c3c(-c4ccc(Cl)cc4)c(F)cc(O)c32)cs1. The number of aromatic nitrogens is 1. The molecular weight excluding hydrogens is 597 g/mol. The lowest BCUT2D eigenvalue weighted by atomic mass is 9.71. The van der Waals surface area contributed by atoms with Crippen molar-refractivity contribution in [2.24, 2.45) is 5.41 Å². The second-order valence-electron chi connectivity index (χ2n) is 13.0. The molecule has 0 atom stereocenters. The predicted molar refractivity (Wildman–Crippen MR) is 178 cm³/mol. The van der Waals surface area contributed by atoms with Crippen LogP contribution in [0.3, 0.4) is 0 Å². The standard InChI is InChI=1S/C34H37ClFN5O2S/c1-21-37-28(18-44-21)39-32(43)38-25-7-5-6-8-26(25)41-20-34(13-15-40(16-14-34)19-33(2,3)4)30-29(22-9-11-23(35)12-10-22)24(36)17-27(42)31(30)41/h5-12,17-18,42H,13-16,19-20H2,1-4H3,(H2,38,39,43). The smallest absolute Gasteiger partial charge is 0.324 e. The number of carbonyl (C=O) groups excluding carboxylic acids is 1. The molecule has 230 valence electrons. The molecule has 2 amide bonds. The van der Waals surface area contributed by atoms with Gasteiger partial charge in [0.15, 0.2) is 0 Å². The molecule has 1 fully saturated rings. The van der Waals surface area contributed by atoms with Gasteiger partial charge in [0.25, 0.3) is 0 Å². The number of urea groups is 1. The number of para-hydroxylation sites is 2. The number of benzene rings is 3. The molecule has 1 aromatic heterocycles. The monoisotopic (exact) mass is 633 g/mol. The molecule has 3 heterocycles. The molecule has 0 radical (unpaired) electrons. The summed E-state index contributed by atoms with van der Waals surface area (Å²) in [6.45, 7) is 11.8. The van der Waals surface area contributed by atoms with Gasteiger partial charge >= 0.3 is 6.03 Å². The summed E-state index contributed by atoms with van der Waals surface area (Å²) in [6.07, 6.45) is 1.60. The van der Waals surface area contributed by atoms with Crippen LogP contribution in [-0.2, 0) is 5.41 Å². The number of amides is 2. The van der Waals surface area contributed by atoms with Crippen molar-refractivity contribution in [3.05, 3.63) is 81.4 Å². The van der Waals surface area contributed by atoms with Crippen molar-refractivity contribution in [3.63, 3.8) is 0 Å². The Hall–Kier alpha value is -3.66. The number of phenolic OH excluding ortho intramolecular Hbond substituents is 1. The number of carbonyl (C=O) groups is 1. The number of aromatic hydroxyl groups is 1. The quantitative estimate of drug-likeness (QED) is 0.205. The third kappa shape index (κ3) is 6.01. The lowest BCUT2D eigenvalue weighted by Gasteiger charge is -2.42. The number of hydrogen-bond acceptors (Lipinski definition) is 6. The summed E-state index contributed by atoms with van der Waals surface area (Å²) >= 11 is 7.67. The number of phenols is 1. The number of rotatable bonds is 5. The molecule has 6 rings (SSSR count). The summed E-state index contributed by atoms with van der Waals surface area (Å²) in [7, 11) is 0. The van der Waals surface area contributed by atoms with Crippen molar-refractivity contribution in [1.29, 1.82) is 0 Å². The largest absolute Gasteiger partial charge is 0.506 e. The van der Waals surface area contributed by atoms with Gasteiger partial charge in [-0.2, -0.15) is 0 Å². The zero-order valence-corrected chi connectivity index (χ0v) is 26.9. The minimum absolute atomic E-state index is 0.124. The molecular formula is C34H37ClFN5O2S. The Labute approximate surface area is 266 Å². The fourth-order valence-electron chi connectivity index (χ4n) is 6.70. The first kappa shape index (κ1) is 30.4. The Kier molecular flexibility index (Phi) is 8.07. The Morgan fingerprint density at radius 2 is 1.82 bits per heavy atom. The summed E-state index contributed by atoms with van der Waals surface area (Å²) in [4.78, 5) is 21.9. The van der Waals surface area contributed by atoms with E-state index in [-0.39, 0.29) is 11.2 Å². The van der Waals surface area contributed by atoms with Gasteiger partial charge in [-0.25, -0.2) is 14.2 Å². The van der Waals surface area contributed by atoms with Crippen molar-refractivity contribution < 1.29 is 14.3 Å². The van der Waals surface area contributed by atoms with E-state index in [1.807, 2.05) is 48.2 Å². The third-order valence-electron chi connectivity index (χ3n) is 8.44. The maximum Gasteiger partial charge on any atom is 0.324 e. The number of likely N-dealkylation sites (tertiary alicyclic amines) is 1. The van der Waals surface area contributed by atoms with Crippen molar-refractivity contribution >= 4 is 51.8 Å². The molecule has 0 unspecified atom stereocenters. The normalized spacial score (nSPS) is 16.3. The minimum atomic E-state index is -0.466. The van der Waals surface area contributed by atoms with E-state index >= 15 is 4.39 Å². The number of hydrogen-bond donors (Lipinski definition) is 3. The topological polar surface area (TPSA) is 80.7 Å². The second-order valence-corrected chi connectivity index (χ2v) is 14.5. The van der Waals surface area contributed by atoms with Crippen LogP contribution in [-0.4, -0.2) is 47.2 Å². The Morgan fingerprint density at radius 1 is 1.11 bits per heavy atom. The first-order valence-corrected chi connectivity index (χ1v) is 16.1. The van der Waals surface area contributed by atoms with Crippen molar-refractivity contribution in [2.45, 2.75) is 46.0 Å². The number of aryl methyl sites for hydroxylation is 1. The van der Waals surface area contributed by atoms with E-state index in [0.29, 0.717) is 39.9 Å². The molecule has 4 aromatic rings. The van der Waals surface area contributed by atoms with Crippen LogP contribution in [0.5, 0.6) is 5.75 Å². The minimum Gasteiger partial charge on any atom is -0.506 e. The highest BCUT2D eigenvalue weighted by molar-refractivity contribution is 7.09. The Balaban J connectivity index is 1.43. The van der Waals surface area contributed by atoms with Crippen LogP contribution in [0.1, 0.15) is 44.2 Å². The number of fused-ring (bicyclic) bond motifs is 2. The molecule has 0 aliphatic carbocycles. The summed E-state index contributed by atoms with van der Waals surface area (Å²) in [5.74, 6) is -0.108. The van der Waals surface area contributed by atoms with Gasteiger partial charge in [0.05, 0.1) is 22.1 Å². The molecule has 2 aliphatic rings. The average molecular weight is 634 g/mol. The van der Waals surface area contributed by atoms with Gasteiger partial charge < -0.3 is 20.2 Å². The van der Waals surface area contributed by atoms with E-state index in [1.54, 1.807) is 17.5 Å². The van der Waals surface area contributed by atoms with Gasteiger partial charge in [-0.15, -0.1) is 11.3 Å². The molecule has 0 saturated carbocycles. The first-order chi connectivity index (χ1) is 20.9. The highest BCUT2D eigenvalue weighted by Gasteiger charge is 2.49. The summed E-state index contributed by atoms with van der Waals surface area (Å²) in [5, 5.41) is 20.4. The first-order valence-electron chi connectivity index (χ1n) is 14.8. The lowest BCUT2D eigenvalue weighted by molar-refractivity contribution is 0.125. The van der Waals surface area contributed by atoms with Crippen LogP contribution in [0.2, 0.25) is 5.02 Å². The van der Waals surface area contributed by atoms with Crippen LogP contribution in [0.25, 0.3) is 11.1 Å². The van der Waals surface area contributed by atoms with Crippen LogP contribution in [0.15, 0.2) is 60.0 Å². The van der Waals surface area contributed by atoms with Gasteiger partial charge in [0.2, 0.25) is 0 Å². The number of nitrogens with zero attached hydrogens (tertiary/aromatic N) is 3. The fourth-order valence-corrected chi connectivity index (χ4v) is 7.38. The number of halogens is 2. The zero-order chi connectivity index (χ0) is 31.2. The van der Waals surface area contributed by atoms with Crippen molar-refractivity contribution in [3.8, 4) is 16.9 Å². The van der Waals surface area contributed by atoms with E-state index in [2.05, 4.69) is 41.3 Å². The van der Waals surface area contributed by atoms with Crippen molar-refractivity contribution in [2.75, 3.05) is 41.7 Å². The van der Waals surface area contributed by atoms with Crippen LogP contribution >= 0.6 is 22.9 Å². The van der Waals surface area contributed by atoms with Crippen LogP contribution in [0.4, 0.5) is 32.1 Å². The summed E-state index contributed by atoms with van der Waals surface area (Å²) in [5.41, 5.74) is 3.61. The zero-order valence-electron chi connectivity index (χ0n) is 25.4. The number of piperidine rings is 1. The predicted octanol–water partition coefficient (Wildman–Crippen LogP) is 8.79. The molecule has 2 aliphatic heterocycles. The second kappa shape index (κ2) is 11.7. The number of anilines is 4. The highest BCUT2D eigenvalue weighted by Crippen LogP contribution is 2.57. The lowest BCUT2D eigenvalue weighted by Crippen LogP contribution is -2.47. The van der Waals surface area contributed by atoms with Crippen LogP contribution in [0, 0.1) is 18.2 Å². The van der Waals surface area contributed by atoms with Crippen molar-refractivity contribution in [1.82, 2.24) is 9.88 Å². The maximum atomic E-state index is 16.0. The molecule has 44 heavy (non-hydrogen) atoms. The van der Waals surface area contributed by atoms with Gasteiger partial charge in [0.1, 0.15) is 17.4 Å². The fraction of sp³-hybridized carbons (Fsp3) is 0.353. The van der Waals surface area contributed by atoms with E-state index < -0.39 is 17.3 Å². The molecule has 0 bridgehead atoms. The molecule has 3 aromatic carbocycles. The van der Waals surface area contributed by atoms with Gasteiger partial charge in [-0.3, -0.25) is 5.32 Å². The van der Waals surface area contributed by atoms with E-state index in [9.17, 15) is 9.90 Å². The average Bonchev–Trinajstić information content (AvgIpc) is 3.51. The Bertz CT molecular complexity index is 1690. The number of thiazole rings is 1.